The van der Waals surface area contributed by atoms with E-state index in [4.69, 9.17) is 9.47 Å². The van der Waals surface area contributed by atoms with Gasteiger partial charge >= 0.3 is 6.61 Å². The van der Waals surface area contributed by atoms with Gasteiger partial charge < -0.3 is 29.7 Å². The number of rotatable bonds is 11. The molecular formula is C21H35F2IN4O3. The summed E-state index contributed by atoms with van der Waals surface area (Å²) in [5.74, 6) is 1.21. The number of guanidine groups is 1. The standard InChI is InChI=1S/C21H34F2N4O3.HI/c1-4-24-21(26-17-8-11-27(12-9-17)10-5-13-28-2)25-15-16-6-7-18(29-3)14-19(16)30-20(22)23;/h6-7,14,17,20H,4-5,8-13,15H2,1-3H3,(H2,24,25,26);1H. The number of aliphatic imine (C=N–C) groups is 1. The van der Waals surface area contributed by atoms with Gasteiger partial charge in [-0.05, 0) is 38.3 Å². The van der Waals surface area contributed by atoms with Crippen molar-refractivity contribution in [3.8, 4) is 11.5 Å². The van der Waals surface area contributed by atoms with Crippen LogP contribution in [0.1, 0.15) is 31.7 Å². The lowest BCUT2D eigenvalue weighted by Gasteiger charge is -2.33. The number of nitrogens with zero attached hydrogens (tertiary/aromatic N) is 2. The summed E-state index contributed by atoms with van der Waals surface area (Å²) < 4.78 is 40.4. The van der Waals surface area contributed by atoms with Gasteiger partial charge in [0, 0.05) is 57.6 Å². The SMILES string of the molecule is CCNC(=NCc1ccc(OC)cc1OC(F)F)NC1CCN(CCCOC)CC1.I. The molecule has 0 radical (unpaired) electrons. The molecule has 31 heavy (non-hydrogen) atoms. The Morgan fingerprint density at radius 2 is 2.00 bits per heavy atom. The Kier molecular flexibility index (Phi) is 13.7. The van der Waals surface area contributed by atoms with Crippen LogP contribution in [0.15, 0.2) is 23.2 Å². The first kappa shape index (κ1) is 27.6. The van der Waals surface area contributed by atoms with Gasteiger partial charge in [-0.1, -0.05) is 0 Å². The normalized spacial score (nSPS) is 15.5. The molecule has 2 rings (SSSR count). The molecule has 0 aromatic heterocycles. The van der Waals surface area contributed by atoms with E-state index in [-0.39, 0.29) is 36.3 Å². The molecule has 0 bridgehead atoms. The first-order valence-electron chi connectivity index (χ1n) is 10.4. The van der Waals surface area contributed by atoms with Crippen LogP contribution in [-0.4, -0.2) is 70.5 Å². The van der Waals surface area contributed by atoms with Gasteiger partial charge in [-0.15, -0.1) is 24.0 Å². The van der Waals surface area contributed by atoms with Crippen LogP contribution in [0.5, 0.6) is 11.5 Å². The zero-order chi connectivity index (χ0) is 21.8. The summed E-state index contributed by atoms with van der Waals surface area (Å²) in [5.41, 5.74) is 0.571. The van der Waals surface area contributed by atoms with E-state index >= 15 is 0 Å². The molecule has 1 aliphatic rings. The van der Waals surface area contributed by atoms with Crippen molar-refractivity contribution in [2.75, 3.05) is 47.0 Å². The summed E-state index contributed by atoms with van der Waals surface area (Å²) in [7, 11) is 3.21. The van der Waals surface area contributed by atoms with E-state index in [1.54, 1.807) is 19.2 Å². The van der Waals surface area contributed by atoms with E-state index in [0.717, 1.165) is 45.5 Å². The van der Waals surface area contributed by atoms with Crippen molar-refractivity contribution < 1.29 is 23.0 Å². The van der Waals surface area contributed by atoms with Crippen molar-refractivity contribution in [2.45, 2.75) is 45.4 Å². The van der Waals surface area contributed by atoms with Crippen LogP contribution >= 0.6 is 24.0 Å². The molecule has 0 spiro atoms. The number of hydrogen-bond donors (Lipinski definition) is 2. The van der Waals surface area contributed by atoms with Gasteiger partial charge in [-0.3, -0.25) is 0 Å². The number of alkyl halides is 2. The van der Waals surface area contributed by atoms with Gasteiger partial charge in [0.05, 0.1) is 13.7 Å². The van der Waals surface area contributed by atoms with Crippen molar-refractivity contribution >= 4 is 29.9 Å². The summed E-state index contributed by atoms with van der Waals surface area (Å²) in [6.45, 7) is 3.94. The lowest BCUT2D eigenvalue weighted by atomic mass is 10.1. The van der Waals surface area contributed by atoms with Crippen LogP contribution < -0.4 is 20.1 Å². The highest BCUT2D eigenvalue weighted by atomic mass is 127. The van der Waals surface area contributed by atoms with Gasteiger partial charge in [-0.25, -0.2) is 4.99 Å². The topological polar surface area (TPSA) is 67.4 Å². The second-order valence-corrected chi connectivity index (χ2v) is 7.15. The Morgan fingerprint density at radius 3 is 2.61 bits per heavy atom. The van der Waals surface area contributed by atoms with E-state index in [2.05, 4.69) is 25.3 Å². The van der Waals surface area contributed by atoms with Crippen LogP contribution in [0.3, 0.4) is 0 Å². The number of likely N-dealkylation sites (tertiary alicyclic amines) is 1. The molecule has 1 fully saturated rings. The maximum atomic E-state index is 12.8. The van der Waals surface area contributed by atoms with Crippen LogP contribution in [0.25, 0.3) is 0 Å². The number of ether oxygens (including phenoxy) is 3. The Balaban J connectivity index is 0.00000480. The minimum Gasteiger partial charge on any atom is -0.497 e. The van der Waals surface area contributed by atoms with Crippen molar-refractivity contribution in [3.05, 3.63) is 23.8 Å². The summed E-state index contributed by atoms with van der Waals surface area (Å²) in [6, 6.07) is 5.19. The molecule has 1 aliphatic heterocycles. The fourth-order valence-electron chi connectivity index (χ4n) is 3.41. The first-order chi connectivity index (χ1) is 14.5. The van der Waals surface area contributed by atoms with E-state index in [1.165, 1.54) is 13.2 Å². The Morgan fingerprint density at radius 1 is 1.26 bits per heavy atom. The molecule has 0 atom stereocenters. The van der Waals surface area contributed by atoms with Gasteiger partial charge in [0.15, 0.2) is 5.96 Å². The summed E-state index contributed by atoms with van der Waals surface area (Å²) in [6.07, 6.45) is 3.10. The second kappa shape index (κ2) is 15.4. The molecule has 0 amide bonds. The zero-order valence-corrected chi connectivity index (χ0v) is 20.9. The number of halogens is 3. The number of hydrogen-bond acceptors (Lipinski definition) is 5. The third-order valence-corrected chi connectivity index (χ3v) is 4.99. The maximum absolute atomic E-state index is 12.8. The van der Waals surface area contributed by atoms with Crippen molar-refractivity contribution in [3.63, 3.8) is 0 Å². The van der Waals surface area contributed by atoms with Crippen LogP contribution in [0.4, 0.5) is 8.78 Å². The van der Waals surface area contributed by atoms with Gasteiger partial charge in [0.2, 0.25) is 0 Å². The van der Waals surface area contributed by atoms with Crippen molar-refractivity contribution in [1.82, 2.24) is 15.5 Å². The van der Waals surface area contributed by atoms with E-state index in [9.17, 15) is 8.78 Å². The molecule has 0 aliphatic carbocycles. The Hall–Kier alpha value is -1.40. The van der Waals surface area contributed by atoms with Crippen LogP contribution in [0.2, 0.25) is 0 Å². The minimum atomic E-state index is -2.90. The predicted molar refractivity (Wildman–Crippen MR) is 129 cm³/mol. The monoisotopic (exact) mass is 556 g/mol. The van der Waals surface area contributed by atoms with E-state index in [0.29, 0.717) is 29.9 Å². The lowest BCUT2D eigenvalue weighted by Crippen LogP contribution is -2.48. The van der Waals surface area contributed by atoms with Crippen LogP contribution in [0, 0.1) is 0 Å². The largest absolute Gasteiger partial charge is 0.497 e. The number of piperidine rings is 1. The molecule has 1 aromatic carbocycles. The quantitative estimate of drug-likeness (QED) is 0.189. The van der Waals surface area contributed by atoms with E-state index < -0.39 is 6.61 Å². The van der Waals surface area contributed by atoms with Crippen molar-refractivity contribution in [1.29, 1.82) is 0 Å². The fraction of sp³-hybridized carbons (Fsp3) is 0.667. The minimum absolute atomic E-state index is 0. The lowest BCUT2D eigenvalue weighted by molar-refractivity contribution is -0.0505. The second-order valence-electron chi connectivity index (χ2n) is 7.15. The number of benzene rings is 1. The molecule has 7 nitrogen and oxygen atoms in total. The van der Waals surface area contributed by atoms with Crippen LogP contribution in [-0.2, 0) is 11.3 Å². The molecule has 1 saturated heterocycles. The molecule has 2 N–H and O–H groups in total. The average Bonchev–Trinajstić information content (AvgIpc) is 2.73. The molecule has 178 valence electrons. The fourth-order valence-corrected chi connectivity index (χ4v) is 3.41. The highest BCUT2D eigenvalue weighted by Crippen LogP contribution is 2.27. The van der Waals surface area contributed by atoms with Gasteiger partial charge in [0.25, 0.3) is 0 Å². The molecule has 1 heterocycles. The summed E-state index contributed by atoms with van der Waals surface area (Å²) in [4.78, 5) is 7.03. The molecule has 0 saturated carbocycles. The highest BCUT2D eigenvalue weighted by molar-refractivity contribution is 14.0. The summed E-state index contributed by atoms with van der Waals surface area (Å²) in [5, 5.41) is 6.70. The number of nitrogens with one attached hydrogen (secondary N) is 2. The van der Waals surface area contributed by atoms with Crippen molar-refractivity contribution in [2.24, 2.45) is 4.99 Å². The molecule has 0 unspecified atom stereocenters. The molecular weight excluding hydrogens is 521 g/mol. The third-order valence-electron chi connectivity index (χ3n) is 4.99. The highest BCUT2D eigenvalue weighted by Gasteiger charge is 2.20. The zero-order valence-electron chi connectivity index (χ0n) is 18.5. The molecule has 1 aromatic rings. The Labute approximate surface area is 200 Å². The molecule has 10 heteroatoms. The predicted octanol–water partition coefficient (Wildman–Crippen LogP) is 3.47. The smallest absolute Gasteiger partial charge is 0.387 e. The third kappa shape index (κ3) is 10.2. The maximum Gasteiger partial charge on any atom is 0.387 e. The first-order valence-corrected chi connectivity index (χ1v) is 10.4. The average molecular weight is 556 g/mol. The van der Waals surface area contributed by atoms with E-state index in [1.807, 2.05) is 6.92 Å². The Bertz CT molecular complexity index is 660. The summed E-state index contributed by atoms with van der Waals surface area (Å²) >= 11 is 0. The van der Waals surface area contributed by atoms with Gasteiger partial charge in [0.1, 0.15) is 11.5 Å². The van der Waals surface area contributed by atoms with Gasteiger partial charge in [-0.2, -0.15) is 8.78 Å². The number of methoxy groups -OCH3 is 2.